The number of hydrogen-bond donors (Lipinski definition) is 1. The van der Waals surface area contributed by atoms with Crippen molar-refractivity contribution in [2.24, 2.45) is 5.11 Å². The highest BCUT2D eigenvalue weighted by molar-refractivity contribution is 5.95. The predicted octanol–water partition coefficient (Wildman–Crippen LogP) is 2.77. The molecule has 0 aliphatic rings. The van der Waals surface area contributed by atoms with E-state index in [1.165, 1.54) is 0 Å². The first-order valence-corrected chi connectivity index (χ1v) is 5.43. The molecule has 0 saturated carbocycles. The largest absolute Gasteiger partial charge is 0.462 e. The van der Waals surface area contributed by atoms with Crippen LogP contribution in [-0.4, -0.2) is 19.1 Å². The second kappa shape index (κ2) is 6.98. The fourth-order valence-electron chi connectivity index (χ4n) is 1.34. The number of nitrogens with two attached hydrogens (primary N) is 1. The van der Waals surface area contributed by atoms with E-state index in [0.717, 1.165) is 5.56 Å². The van der Waals surface area contributed by atoms with Crippen LogP contribution in [0.4, 0.5) is 5.69 Å². The standard InChI is InChI=1S/C12H14N4O2/c1-2-18-12(17)10-8-9(5-6-11(10)13)4-3-7-15-16-14/h3-6,8H,2,7,13H2,1H3. The minimum Gasteiger partial charge on any atom is -0.462 e. The van der Waals surface area contributed by atoms with Crippen molar-refractivity contribution in [3.05, 3.63) is 45.8 Å². The molecule has 0 spiro atoms. The van der Waals surface area contributed by atoms with Crippen LogP contribution in [0, 0.1) is 0 Å². The smallest absolute Gasteiger partial charge is 0.340 e. The van der Waals surface area contributed by atoms with Crippen LogP contribution < -0.4 is 5.73 Å². The van der Waals surface area contributed by atoms with Gasteiger partial charge in [-0.25, -0.2) is 4.79 Å². The average molecular weight is 246 g/mol. The quantitative estimate of drug-likeness (QED) is 0.284. The highest BCUT2D eigenvalue weighted by Gasteiger charge is 2.10. The first-order chi connectivity index (χ1) is 8.69. The Morgan fingerprint density at radius 3 is 3.06 bits per heavy atom. The van der Waals surface area contributed by atoms with Gasteiger partial charge in [0.05, 0.1) is 12.2 Å². The summed E-state index contributed by atoms with van der Waals surface area (Å²) in [6.07, 6.45) is 3.44. The van der Waals surface area contributed by atoms with Crippen LogP contribution in [-0.2, 0) is 4.74 Å². The maximum absolute atomic E-state index is 11.6. The number of ether oxygens (including phenoxy) is 1. The second-order valence-electron chi connectivity index (χ2n) is 3.38. The maximum atomic E-state index is 11.6. The molecule has 6 heteroatoms. The van der Waals surface area contributed by atoms with Crippen molar-refractivity contribution in [1.29, 1.82) is 0 Å². The van der Waals surface area contributed by atoms with Crippen molar-refractivity contribution in [3.8, 4) is 0 Å². The molecule has 0 bridgehead atoms. The lowest BCUT2D eigenvalue weighted by molar-refractivity contribution is 0.0527. The van der Waals surface area contributed by atoms with Crippen molar-refractivity contribution in [2.45, 2.75) is 6.92 Å². The molecule has 0 aliphatic carbocycles. The Morgan fingerprint density at radius 1 is 1.61 bits per heavy atom. The number of nitrogen functional groups attached to an aromatic ring is 1. The Bertz CT molecular complexity index is 505. The highest BCUT2D eigenvalue weighted by atomic mass is 16.5. The van der Waals surface area contributed by atoms with Gasteiger partial charge in [-0.1, -0.05) is 23.3 Å². The number of anilines is 1. The van der Waals surface area contributed by atoms with Crippen LogP contribution in [0.1, 0.15) is 22.8 Å². The van der Waals surface area contributed by atoms with Crippen LogP contribution >= 0.6 is 0 Å². The van der Waals surface area contributed by atoms with Crippen LogP contribution in [0.3, 0.4) is 0 Å². The van der Waals surface area contributed by atoms with Gasteiger partial charge in [0.2, 0.25) is 0 Å². The lowest BCUT2D eigenvalue weighted by atomic mass is 10.1. The third-order valence-electron chi connectivity index (χ3n) is 2.13. The van der Waals surface area contributed by atoms with Crippen molar-refractivity contribution >= 4 is 17.7 Å². The molecule has 0 radical (unpaired) electrons. The molecule has 1 aromatic carbocycles. The van der Waals surface area contributed by atoms with E-state index in [-0.39, 0.29) is 6.54 Å². The van der Waals surface area contributed by atoms with Gasteiger partial charge in [0.25, 0.3) is 0 Å². The summed E-state index contributed by atoms with van der Waals surface area (Å²) in [6, 6.07) is 5.05. The molecule has 94 valence electrons. The topological polar surface area (TPSA) is 101 Å². The summed E-state index contributed by atoms with van der Waals surface area (Å²) >= 11 is 0. The molecular formula is C12H14N4O2. The van der Waals surface area contributed by atoms with Crippen molar-refractivity contribution in [3.63, 3.8) is 0 Å². The summed E-state index contributed by atoms with van der Waals surface area (Å²) in [5.41, 5.74) is 15.3. The van der Waals surface area contributed by atoms with Crippen molar-refractivity contribution < 1.29 is 9.53 Å². The summed E-state index contributed by atoms with van der Waals surface area (Å²) in [5.74, 6) is -0.444. The van der Waals surface area contributed by atoms with Gasteiger partial charge >= 0.3 is 5.97 Å². The van der Waals surface area contributed by atoms with Crippen LogP contribution in [0.2, 0.25) is 0 Å². The Kier molecular flexibility index (Phi) is 5.28. The summed E-state index contributed by atoms with van der Waals surface area (Å²) in [7, 11) is 0. The van der Waals surface area contributed by atoms with Crippen LogP contribution in [0.15, 0.2) is 29.4 Å². The zero-order valence-electron chi connectivity index (χ0n) is 10.0. The molecule has 0 aliphatic heterocycles. The Hall–Kier alpha value is -2.46. The molecule has 1 rings (SSSR count). The van der Waals surface area contributed by atoms with Gasteiger partial charge in [0, 0.05) is 17.1 Å². The molecule has 0 fully saturated rings. The van der Waals surface area contributed by atoms with Gasteiger partial charge in [-0.3, -0.25) is 0 Å². The molecule has 0 amide bonds. The number of azide groups is 1. The second-order valence-corrected chi connectivity index (χ2v) is 3.38. The lowest BCUT2D eigenvalue weighted by Crippen LogP contribution is -2.08. The third kappa shape index (κ3) is 3.84. The van der Waals surface area contributed by atoms with Crippen LogP contribution in [0.25, 0.3) is 16.5 Å². The van der Waals surface area contributed by atoms with E-state index < -0.39 is 5.97 Å². The normalized spacial score (nSPS) is 10.1. The Morgan fingerprint density at radius 2 is 2.39 bits per heavy atom. The molecule has 0 atom stereocenters. The number of carbonyl (C=O) groups excluding carboxylic acids is 1. The van der Waals surface area contributed by atoms with E-state index in [1.54, 1.807) is 37.3 Å². The number of rotatable bonds is 5. The van der Waals surface area contributed by atoms with E-state index in [9.17, 15) is 4.79 Å². The molecule has 1 aromatic rings. The van der Waals surface area contributed by atoms with Gasteiger partial charge < -0.3 is 10.5 Å². The molecule has 18 heavy (non-hydrogen) atoms. The predicted molar refractivity (Wildman–Crippen MR) is 69.9 cm³/mol. The number of benzene rings is 1. The number of nitrogens with zero attached hydrogens (tertiary/aromatic N) is 3. The van der Waals surface area contributed by atoms with E-state index in [1.807, 2.05) is 0 Å². The molecule has 2 N–H and O–H groups in total. The minimum absolute atomic E-state index is 0.260. The SMILES string of the molecule is CCOC(=O)c1cc(C=CCN=[N+]=[N-])ccc1N. The molecule has 6 nitrogen and oxygen atoms in total. The fraction of sp³-hybridized carbons (Fsp3) is 0.250. The lowest BCUT2D eigenvalue weighted by Gasteiger charge is -2.06. The molecular weight excluding hydrogens is 232 g/mol. The third-order valence-corrected chi connectivity index (χ3v) is 2.13. The molecule has 0 saturated heterocycles. The van der Waals surface area contributed by atoms with E-state index in [0.29, 0.717) is 17.9 Å². The van der Waals surface area contributed by atoms with E-state index in [2.05, 4.69) is 10.0 Å². The van der Waals surface area contributed by atoms with Crippen LogP contribution in [0.5, 0.6) is 0 Å². The van der Waals surface area contributed by atoms with Gasteiger partial charge in [0.1, 0.15) is 0 Å². The molecule has 0 aromatic heterocycles. The number of esters is 1. The number of hydrogen-bond acceptors (Lipinski definition) is 4. The Labute approximate surface area is 105 Å². The average Bonchev–Trinajstić information content (AvgIpc) is 2.36. The first-order valence-electron chi connectivity index (χ1n) is 5.43. The highest BCUT2D eigenvalue weighted by Crippen LogP contribution is 2.16. The number of carbonyl (C=O) groups is 1. The summed E-state index contributed by atoms with van der Waals surface area (Å²) in [4.78, 5) is 14.2. The maximum Gasteiger partial charge on any atom is 0.340 e. The summed E-state index contributed by atoms with van der Waals surface area (Å²) in [5, 5.41) is 3.37. The van der Waals surface area contributed by atoms with Gasteiger partial charge in [-0.05, 0) is 30.2 Å². The van der Waals surface area contributed by atoms with Crippen molar-refractivity contribution in [2.75, 3.05) is 18.9 Å². The van der Waals surface area contributed by atoms with Gasteiger partial charge in [-0.2, -0.15) is 0 Å². The molecule has 0 unspecified atom stereocenters. The summed E-state index contributed by atoms with van der Waals surface area (Å²) < 4.78 is 4.90. The summed E-state index contributed by atoms with van der Waals surface area (Å²) in [6.45, 7) is 2.29. The minimum atomic E-state index is -0.444. The van der Waals surface area contributed by atoms with E-state index >= 15 is 0 Å². The van der Waals surface area contributed by atoms with Crippen molar-refractivity contribution in [1.82, 2.24) is 0 Å². The first kappa shape index (κ1) is 13.6. The fourth-order valence-corrected chi connectivity index (χ4v) is 1.34. The molecule has 0 heterocycles. The zero-order valence-corrected chi connectivity index (χ0v) is 10.0. The zero-order chi connectivity index (χ0) is 13.4. The Balaban J connectivity index is 2.89. The van der Waals surface area contributed by atoms with Gasteiger partial charge in [-0.15, -0.1) is 0 Å². The monoisotopic (exact) mass is 246 g/mol. The van der Waals surface area contributed by atoms with Gasteiger partial charge in [0.15, 0.2) is 0 Å². The van der Waals surface area contributed by atoms with E-state index in [4.69, 9.17) is 16.0 Å².